The first kappa shape index (κ1) is 14.0. The zero-order valence-electron chi connectivity index (χ0n) is 11.3. The highest BCUT2D eigenvalue weighted by Gasteiger charge is 2.32. The van der Waals surface area contributed by atoms with Crippen LogP contribution in [0.3, 0.4) is 0 Å². The van der Waals surface area contributed by atoms with Gasteiger partial charge < -0.3 is 10.4 Å². The van der Waals surface area contributed by atoms with Crippen molar-refractivity contribution in [3.8, 4) is 0 Å². The fourth-order valence-corrected chi connectivity index (χ4v) is 3.20. The van der Waals surface area contributed by atoms with Crippen molar-refractivity contribution in [3.63, 3.8) is 0 Å². The van der Waals surface area contributed by atoms with Gasteiger partial charge in [-0.25, -0.2) is 0 Å². The van der Waals surface area contributed by atoms with E-state index in [2.05, 4.69) is 26.1 Å². The predicted octanol–water partition coefficient (Wildman–Crippen LogP) is 2.95. The molecule has 0 spiro atoms. The minimum Gasteiger partial charge on any atom is -0.395 e. The third-order valence-corrected chi connectivity index (χ3v) is 4.27. The smallest absolute Gasteiger partial charge is 0.0556 e. The fraction of sp³-hybridized carbons (Fsp3) is 1.00. The first-order chi connectivity index (χ1) is 7.60. The van der Waals surface area contributed by atoms with Crippen LogP contribution in [0.25, 0.3) is 0 Å². The van der Waals surface area contributed by atoms with E-state index in [1.54, 1.807) is 0 Å². The number of aliphatic hydroxyl groups is 1. The summed E-state index contributed by atoms with van der Waals surface area (Å²) in [6.07, 6.45) is 7.95. The molecule has 1 aliphatic rings. The maximum Gasteiger partial charge on any atom is 0.0556 e. The molecule has 0 aromatic carbocycles. The van der Waals surface area contributed by atoms with E-state index in [0.717, 1.165) is 12.5 Å². The second kappa shape index (κ2) is 6.61. The van der Waals surface area contributed by atoms with Gasteiger partial charge in [-0.3, -0.25) is 0 Å². The molecule has 0 atom stereocenters. The minimum atomic E-state index is 0.265. The molecular weight excluding hydrogens is 198 g/mol. The lowest BCUT2D eigenvalue weighted by atomic mass is 9.68. The Labute approximate surface area is 101 Å². The quantitative estimate of drug-likeness (QED) is 0.731. The number of nitrogens with one attached hydrogen (secondary N) is 1. The van der Waals surface area contributed by atoms with E-state index >= 15 is 0 Å². The molecule has 1 rings (SSSR count). The van der Waals surface area contributed by atoms with Crippen LogP contribution in [0.2, 0.25) is 0 Å². The fourth-order valence-electron chi connectivity index (χ4n) is 3.20. The maximum absolute atomic E-state index is 8.79. The SMILES string of the molecule is CCCC(C)(C)C1CCC(NCCO)CC1. The van der Waals surface area contributed by atoms with Crippen LogP contribution in [0.5, 0.6) is 0 Å². The molecule has 2 N–H and O–H groups in total. The summed E-state index contributed by atoms with van der Waals surface area (Å²) in [6.45, 7) is 8.18. The Morgan fingerprint density at radius 2 is 1.81 bits per heavy atom. The molecule has 0 saturated heterocycles. The Kier molecular flexibility index (Phi) is 5.77. The zero-order valence-corrected chi connectivity index (χ0v) is 11.3. The first-order valence-corrected chi connectivity index (χ1v) is 6.94. The molecule has 2 heteroatoms. The van der Waals surface area contributed by atoms with E-state index < -0.39 is 0 Å². The van der Waals surface area contributed by atoms with E-state index in [1.807, 2.05) is 0 Å². The monoisotopic (exact) mass is 227 g/mol. The molecule has 1 aliphatic carbocycles. The molecule has 0 radical (unpaired) electrons. The van der Waals surface area contributed by atoms with Gasteiger partial charge in [0.15, 0.2) is 0 Å². The van der Waals surface area contributed by atoms with Crippen LogP contribution in [0.4, 0.5) is 0 Å². The molecular formula is C14H29NO. The lowest BCUT2D eigenvalue weighted by Gasteiger charge is -2.39. The number of hydrogen-bond donors (Lipinski definition) is 2. The molecule has 0 unspecified atom stereocenters. The zero-order chi connectivity index (χ0) is 12.0. The molecule has 16 heavy (non-hydrogen) atoms. The van der Waals surface area contributed by atoms with Crippen molar-refractivity contribution in [1.82, 2.24) is 5.32 Å². The molecule has 0 aromatic heterocycles. The van der Waals surface area contributed by atoms with Crippen molar-refractivity contribution >= 4 is 0 Å². The summed E-state index contributed by atoms with van der Waals surface area (Å²) >= 11 is 0. The van der Waals surface area contributed by atoms with Crippen molar-refractivity contribution < 1.29 is 5.11 Å². The van der Waals surface area contributed by atoms with Gasteiger partial charge in [-0.15, -0.1) is 0 Å². The van der Waals surface area contributed by atoms with Gasteiger partial charge in [0.05, 0.1) is 6.61 Å². The van der Waals surface area contributed by atoms with Crippen LogP contribution in [0, 0.1) is 11.3 Å². The third kappa shape index (κ3) is 4.06. The lowest BCUT2D eigenvalue weighted by Crippen LogP contribution is -2.38. The topological polar surface area (TPSA) is 32.3 Å². The van der Waals surface area contributed by atoms with Gasteiger partial charge in [-0.05, 0) is 43.4 Å². The molecule has 0 bridgehead atoms. The van der Waals surface area contributed by atoms with Crippen molar-refractivity contribution in [2.24, 2.45) is 11.3 Å². The highest BCUT2D eigenvalue weighted by molar-refractivity contribution is 4.85. The van der Waals surface area contributed by atoms with Crippen molar-refractivity contribution in [1.29, 1.82) is 0 Å². The van der Waals surface area contributed by atoms with Gasteiger partial charge in [0.1, 0.15) is 0 Å². The predicted molar refractivity (Wildman–Crippen MR) is 69.5 cm³/mol. The van der Waals surface area contributed by atoms with Gasteiger partial charge >= 0.3 is 0 Å². The highest BCUT2D eigenvalue weighted by atomic mass is 16.3. The largest absolute Gasteiger partial charge is 0.395 e. The van der Waals surface area contributed by atoms with E-state index in [1.165, 1.54) is 38.5 Å². The third-order valence-electron chi connectivity index (χ3n) is 4.27. The Hall–Kier alpha value is -0.0800. The second-order valence-electron chi connectivity index (χ2n) is 5.96. The normalized spacial score (nSPS) is 27.0. The molecule has 0 aliphatic heterocycles. The Morgan fingerprint density at radius 3 is 2.31 bits per heavy atom. The Morgan fingerprint density at radius 1 is 1.19 bits per heavy atom. The summed E-state index contributed by atoms with van der Waals surface area (Å²) in [5.74, 6) is 0.902. The molecule has 0 amide bonds. The van der Waals surface area contributed by atoms with Crippen LogP contribution in [0.1, 0.15) is 59.3 Å². The van der Waals surface area contributed by atoms with E-state index in [4.69, 9.17) is 5.11 Å². The molecule has 0 aromatic rings. The summed E-state index contributed by atoms with van der Waals surface area (Å²) in [5.41, 5.74) is 0.525. The van der Waals surface area contributed by atoms with Crippen LogP contribution in [-0.4, -0.2) is 24.3 Å². The molecule has 0 heterocycles. The van der Waals surface area contributed by atoms with Crippen molar-refractivity contribution in [2.45, 2.75) is 65.3 Å². The van der Waals surface area contributed by atoms with Crippen molar-refractivity contribution in [3.05, 3.63) is 0 Å². The van der Waals surface area contributed by atoms with Gasteiger partial charge in [-0.1, -0.05) is 27.2 Å². The molecule has 1 saturated carbocycles. The summed E-state index contributed by atoms with van der Waals surface area (Å²) in [4.78, 5) is 0. The molecule has 2 nitrogen and oxygen atoms in total. The van der Waals surface area contributed by atoms with Crippen LogP contribution in [-0.2, 0) is 0 Å². The van der Waals surface area contributed by atoms with Crippen LogP contribution in [0.15, 0.2) is 0 Å². The maximum atomic E-state index is 8.79. The first-order valence-electron chi connectivity index (χ1n) is 6.94. The van der Waals surface area contributed by atoms with Gasteiger partial charge in [0.2, 0.25) is 0 Å². The Balaban J connectivity index is 2.30. The van der Waals surface area contributed by atoms with E-state index in [-0.39, 0.29) is 6.61 Å². The summed E-state index contributed by atoms with van der Waals surface area (Å²) < 4.78 is 0. The van der Waals surface area contributed by atoms with Crippen LogP contribution < -0.4 is 5.32 Å². The van der Waals surface area contributed by atoms with Gasteiger partial charge in [-0.2, -0.15) is 0 Å². The van der Waals surface area contributed by atoms with Gasteiger partial charge in [0.25, 0.3) is 0 Å². The van der Waals surface area contributed by atoms with Crippen molar-refractivity contribution in [2.75, 3.05) is 13.2 Å². The summed E-state index contributed by atoms with van der Waals surface area (Å²) in [5, 5.41) is 12.2. The lowest BCUT2D eigenvalue weighted by molar-refractivity contribution is 0.129. The number of aliphatic hydroxyl groups excluding tert-OH is 1. The molecule has 96 valence electrons. The van der Waals surface area contributed by atoms with Crippen LogP contribution >= 0.6 is 0 Å². The standard InChI is InChI=1S/C14H29NO/c1-4-9-14(2,3)12-5-7-13(8-6-12)15-10-11-16/h12-13,15-16H,4-11H2,1-3H3. The van der Waals surface area contributed by atoms with E-state index in [9.17, 15) is 0 Å². The van der Waals surface area contributed by atoms with E-state index in [0.29, 0.717) is 11.5 Å². The molecule has 1 fully saturated rings. The second-order valence-corrected chi connectivity index (χ2v) is 5.96. The summed E-state index contributed by atoms with van der Waals surface area (Å²) in [7, 11) is 0. The average molecular weight is 227 g/mol. The highest BCUT2D eigenvalue weighted by Crippen LogP contribution is 2.41. The Bertz CT molecular complexity index is 183. The summed E-state index contributed by atoms with van der Waals surface area (Å²) in [6, 6.07) is 0.654. The number of hydrogen-bond acceptors (Lipinski definition) is 2. The average Bonchev–Trinajstić information content (AvgIpc) is 2.27. The minimum absolute atomic E-state index is 0.265. The van der Waals surface area contributed by atoms with Gasteiger partial charge in [0, 0.05) is 12.6 Å². The number of rotatable bonds is 6.